The summed E-state index contributed by atoms with van der Waals surface area (Å²) in [5.41, 5.74) is 3.37. The first-order valence-electron chi connectivity index (χ1n) is 11.7. The van der Waals surface area contributed by atoms with Gasteiger partial charge in [-0.15, -0.1) is 0 Å². The maximum absolute atomic E-state index is 12.2. The topological polar surface area (TPSA) is 57.2 Å². The molecule has 0 radical (unpaired) electrons. The zero-order valence-corrected chi connectivity index (χ0v) is 19.8. The van der Waals surface area contributed by atoms with E-state index < -0.39 is 0 Å². The Hall–Kier alpha value is -3.28. The predicted molar refractivity (Wildman–Crippen MR) is 133 cm³/mol. The number of methoxy groups -OCH3 is 1. The Labute approximate surface area is 197 Å². The van der Waals surface area contributed by atoms with Crippen LogP contribution in [0.5, 0.6) is 5.75 Å². The van der Waals surface area contributed by atoms with Crippen LogP contribution in [0.4, 0.5) is 0 Å². The van der Waals surface area contributed by atoms with Crippen LogP contribution in [0.25, 0.3) is 0 Å². The molecule has 0 spiro atoms. The lowest BCUT2D eigenvalue weighted by Crippen LogP contribution is -2.42. The average molecular weight is 447 g/mol. The number of fused-ring (bicyclic) bond motifs is 1. The van der Waals surface area contributed by atoms with Gasteiger partial charge in [-0.1, -0.05) is 48.5 Å². The van der Waals surface area contributed by atoms with Gasteiger partial charge in [0.2, 0.25) is 5.91 Å². The third-order valence-electron chi connectivity index (χ3n) is 6.62. The Kier molecular flexibility index (Phi) is 7.33. The lowest BCUT2D eigenvalue weighted by Gasteiger charge is -2.25. The van der Waals surface area contributed by atoms with Crippen LogP contribution in [0.2, 0.25) is 0 Å². The van der Waals surface area contributed by atoms with E-state index in [1.54, 1.807) is 7.11 Å². The highest BCUT2D eigenvalue weighted by molar-refractivity contribution is 5.92. The Bertz CT molecular complexity index is 1000. The second-order valence-corrected chi connectivity index (χ2v) is 8.76. The lowest BCUT2D eigenvalue weighted by atomic mass is 10.0. The lowest BCUT2D eigenvalue weighted by molar-refractivity contribution is -0.117. The van der Waals surface area contributed by atoms with E-state index in [0.29, 0.717) is 18.6 Å². The first-order valence-corrected chi connectivity index (χ1v) is 11.7. The summed E-state index contributed by atoms with van der Waals surface area (Å²) in [6, 6.07) is 19.7. The average Bonchev–Trinajstić information content (AvgIpc) is 3.39. The van der Waals surface area contributed by atoms with Gasteiger partial charge in [-0.05, 0) is 49.9 Å². The number of allylic oxidation sites excluding steroid dienone is 1. The second kappa shape index (κ2) is 10.6. The van der Waals surface area contributed by atoms with Crippen molar-refractivity contribution in [1.29, 1.82) is 0 Å². The number of nitrogens with one attached hydrogen (secondary N) is 1. The quantitative estimate of drug-likeness (QED) is 0.601. The minimum absolute atomic E-state index is 0.00410. The SMILES string of the molecule is C/C=C(\C)C(=O)NCCN1C2=NC[C@@H](Cc3ccccc3)N2C[C@@H]1Cc1ccc(OC)cc1. The molecule has 4 rings (SSSR count). The van der Waals surface area contributed by atoms with Gasteiger partial charge in [-0.2, -0.15) is 0 Å². The molecule has 174 valence electrons. The minimum Gasteiger partial charge on any atom is -0.497 e. The number of carbonyl (C=O) groups excluding carboxylic acids is 1. The van der Waals surface area contributed by atoms with Crippen LogP contribution >= 0.6 is 0 Å². The number of hydrogen-bond acceptors (Lipinski definition) is 5. The fraction of sp³-hybridized carbons (Fsp3) is 0.407. The molecule has 2 aliphatic rings. The molecule has 2 aromatic carbocycles. The summed E-state index contributed by atoms with van der Waals surface area (Å²) in [4.78, 5) is 22.0. The molecule has 0 aromatic heterocycles. The van der Waals surface area contributed by atoms with Crippen molar-refractivity contribution >= 4 is 11.9 Å². The van der Waals surface area contributed by atoms with Gasteiger partial charge in [0.25, 0.3) is 0 Å². The monoisotopic (exact) mass is 446 g/mol. The number of amides is 1. The molecular weight excluding hydrogens is 412 g/mol. The number of rotatable bonds is 9. The number of hydrogen-bond donors (Lipinski definition) is 1. The van der Waals surface area contributed by atoms with Gasteiger partial charge >= 0.3 is 0 Å². The Morgan fingerprint density at radius 1 is 1.09 bits per heavy atom. The van der Waals surface area contributed by atoms with Crippen molar-refractivity contribution in [2.24, 2.45) is 4.99 Å². The maximum atomic E-state index is 12.2. The Morgan fingerprint density at radius 2 is 1.79 bits per heavy atom. The summed E-state index contributed by atoms with van der Waals surface area (Å²) in [7, 11) is 1.69. The summed E-state index contributed by atoms with van der Waals surface area (Å²) in [5.74, 6) is 1.94. The summed E-state index contributed by atoms with van der Waals surface area (Å²) >= 11 is 0. The molecule has 0 unspecified atom stereocenters. The minimum atomic E-state index is -0.00410. The third kappa shape index (κ3) is 5.38. The molecule has 6 nitrogen and oxygen atoms in total. The summed E-state index contributed by atoms with van der Waals surface area (Å²) in [6.45, 7) is 6.84. The van der Waals surface area contributed by atoms with E-state index in [2.05, 4.69) is 57.6 Å². The highest BCUT2D eigenvalue weighted by Crippen LogP contribution is 2.28. The number of ether oxygens (including phenoxy) is 1. The number of carbonyl (C=O) groups is 1. The van der Waals surface area contributed by atoms with Crippen LogP contribution in [0.15, 0.2) is 71.2 Å². The molecule has 0 saturated carbocycles. The van der Waals surface area contributed by atoms with Crippen LogP contribution in [0, 0.1) is 0 Å². The van der Waals surface area contributed by atoms with Crippen LogP contribution in [0.1, 0.15) is 25.0 Å². The van der Waals surface area contributed by atoms with E-state index in [4.69, 9.17) is 9.73 Å². The van der Waals surface area contributed by atoms with Crippen molar-refractivity contribution in [3.8, 4) is 5.75 Å². The number of nitrogens with zero attached hydrogens (tertiary/aromatic N) is 3. The van der Waals surface area contributed by atoms with Crippen molar-refractivity contribution in [3.05, 3.63) is 77.4 Å². The third-order valence-corrected chi connectivity index (χ3v) is 6.62. The molecule has 1 N–H and O–H groups in total. The van der Waals surface area contributed by atoms with Gasteiger partial charge in [0.15, 0.2) is 5.96 Å². The summed E-state index contributed by atoms with van der Waals surface area (Å²) in [5, 5.41) is 3.05. The smallest absolute Gasteiger partial charge is 0.246 e. The van der Waals surface area contributed by atoms with Crippen molar-refractivity contribution < 1.29 is 9.53 Å². The molecule has 33 heavy (non-hydrogen) atoms. The predicted octanol–water partition coefficient (Wildman–Crippen LogP) is 3.29. The fourth-order valence-electron chi connectivity index (χ4n) is 4.63. The van der Waals surface area contributed by atoms with Gasteiger partial charge < -0.3 is 19.9 Å². The Morgan fingerprint density at radius 3 is 2.48 bits per heavy atom. The molecule has 1 saturated heterocycles. The number of benzene rings is 2. The van der Waals surface area contributed by atoms with Crippen molar-refractivity contribution in [2.45, 2.75) is 38.8 Å². The molecule has 2 heterocycles. The van der Waals surface area contributed by atoms with Gasteiger partial charge in [-0.3, -0.25) is 9.79 Å². The molecule has 6 heteroatoms. The number of aliphatic imine (C=N–C) groups is 1. The van der Waals surface area contributed by atoms with Crippen LogP contribution in [0.3, 0.4) is 0 Å². The van der Waals surface area contributed by atoms with Crippen LogP contribution in [-0.4, -0.2) is 67.0 Å². The van der Waals surface area contributed by atoms with Crippen LogP contribution in [-0.2, 0) is 17.6 Å². The first-order chi connectivity index (χ1) is 16.1. The summed E-state index contributed by atoms with van der Waals surface area (Å²) < 4.78 is 5.31. The highest BCUT2D eigenvalue weighted by Gasteiger charge is 2.41. The second-order valence-electron chi connectivity index (χ2n) is 8.76. The molecular formula is C27H34N4O2. The van der Waals surface area contributed by atoms with Gasteiger partial charge in [-0.25, -0.2) is 0 Å². The van der Waals surface area contributed by atoms with Crippen molar-refractivity contribution in [1.82, 2.24) is 15.1 Å². The van der Waals surface area contributed by atoms with Crippen molar-refractivity contribution in [2.75, 3.05) is 33.3 Å². The molecule has 2 aromatic rings. The fourth-order valence-corrected chi connectivity index (χ4v) is 4.63. The molecule has 1 amide bonds. The van der Waals surface area contributed by atoms with E-state index in [1.807, 2.05) is 32.1 Å². The molecule has 0 bridgehead atoms. The zero-order valence-electron chi connectivity index (χ0n) is 19.8. The van der Waals surface area contributed by atoms with E-state index >= 15 is 0 Å². The van der Waals surface area contributed by atoms with Crippen molar-refractivity contribution in [3.63, 3.8) is 0 Å². The van der Waals surface area contributed by atoms with E-state index in [9.17, 15) is 4.79 Å². The summed E-state index contributed by atoms with van der Waals surface area (Å²) in [6.07, 6.45) is 3.77. The largest absolute Gasteiger partial charge is 0.497 e. The van der Waals surface area contributed by atoms with E-state index in [1.165, 1.54) is 11.1 Å². The molecule has 2 atom stereocenters. The maximum Gasteiger partial charge on any atom is 0.246 e. The molecule has 1 fully saturated rings. The standard InChI is InChI=1S/C27H34N4O2/c1-4-20(2)26(32)28-14-15-30-24(17-22-10-12-25(33-3)13-11-22)19-31-23(18-29-27(30)31)16-21-8-6-5-7-9-21/h4-13,23-24H,14-19H2,1-3H3,(H,28,32)/b20-4+/t23-,24+/m1/s1. The molecule has 0 aliphatic carbocycles. The Balaban J connectivity index is 1.46. The first kappa shape index (κ1) is 22.9. The highest BCUT2D eigenvalue weighted by atomic mass is 16.5. The van der Waals surface area contributed by atoms with E-state index in [0.717, 1.165) is 49.8 Å². The van der Waals surface area contributed by atoms with Gasteiger partial charge in [0.05, 0.1) is 25.7 Å². The number of guanidine groups is 1. The van der Waals surface area contributed by atoms with E-state index in [-0.39, 0.29) is 5.91 Å². The van der Waals surface area contributed by atoms with Gasteiger partial charge in [0, 0.05) is 25.2 Å². The zero-order chi connectivity index (χ0) is 23.2. The van der Waals surface area contributed by atoms with Gasteiger partial charge in [0.1, 0.15) is 5.75 Å². The normalized spacial score (nSPS) is 20.0. The van der Waals surface area contributed by atoms with Crippen LogP contribution < -0.4 is 10.1 Å². The molecule has 2 aliphatic heterocycles.